The lowest BCUT2D eigenvalue weighted by Gasteiger charge is -2.45. The molecule has 0 bridgehead atoms. The molecule has 12 heteroatoms. The van der Waals surface area contributed by atoms with Crippen molar-refractivity contribution in [2.24, 2.45) is 0 Å². The van der Waals surface area contributed by atoms with Gasteiger partial charge in [-0.2, -0.15) is 0 Å². The Morgan fingerprint density at radius 2 is 0.684 bits per heavy atom. The van der Waals surface area contributed by atoms with E-state index in [0.717, 1.165) is 211 Å². The predicted molar refractivity (Wildman–Crippen MR) is 294 cm³/mol. The maximum Gasteiger partial charge on any atom is 0.340 e. The first-order valence-corrected chi connectivity index (χ1v) is 28.7. The second-order valence-electron chi connectivity index (χ2n) is 23.7. The molecular weight excluding hydrogens is 949 g/mol. The van der Waals surface area contributed by atoms with Crippen molar-refractivity contribution < 1.29 is 28.5 Å². The average Bonchev–Trinajstić information content (AvgIpc) is 3.93. The van der Waals surface area contributed by atoms with Crippen LogP contribution in [0.2, 0.25) is 0 Å². The van der Waals surface area contributed by atoms with Gasteiger partial charge in [-0.1, -0.05) is 6.07 Å². The molecule has 18 rings (SSSR count). The van der Waals surface area contributed by atoms with Crippen molar-refractivity contribution in [3.05, 3.63) is 150 Å². The van der Waals surface area contributed by atoms with Gasteiger partial charge in [-0.25, -0.2) is 9.59 Å². The van der Waals surface area contributed by atoms with Crippen molar-refractivity contribution in [3.63, 3.8) is 0 Å². The third-order valence-corrected chi connectivity index (χ3v) is 19.6. The molecule has 2 spiro atoms. The van der Waals surface area contributed by atoms with Gasteiger partial charge in [-0.3, -0.25) is 0 Å². The number of fused-ring (bicyclic) bond motifs is 16. The zero-order valence-corrected chi connectivity index (χ0v) is 43.1. The molecule has 4 N–H and O–H groups in total. The topological polar surface area (TPSA) is 136 Å². The average molecular weight is 1010 g/mol. The van der Waals surface area contributed by atoms with Crippen LogP contribution in [0.4, 0.5) is 34.1 Å². The third-order valence-electron chi connectivity index (χ3n) is 19.6. The molecule has 6 aromatic rings. The standard InChI is InChI=1S/2C32H31N3O3/c33-20-9-10-21-24(17-20)32(38-31(21)36)25-15-18-5-1-11-34-13-3-7-22(27(18)34)29(25)37-30-23-8-4-14-35-12-2-6-19(28(23)35)16-26(30)32;33-20-9-10-24-23(17-20)31(36)38-32(24)25-15-18-5-1-11-34-13-3-7-21(27(18)34)29(25)37-30-22-8-4-14-35-12-2-6-19(28(22)35)16-26(30)32/h2*9-10,15-17H,1-8,11-14,33H2. The number of anilines is 6. The molecule has 12 heterocycles. The van der Waals surface area contributed by atoms with Crippen LogP contribution in [0.15, 0.2) is 60.7 Å². The van der Waals surface area contributed by atoms with Gasteiger partial charge >= 0.3 is 11.9 Å². The highest BCUT2D eigenvalue weighted by Crippen LogP contribution is 2.64. The lowest BCUT2D eigenvalue weighted by Crippen LogP contribution is -2.40. The van der Waals surface area contributed by atoms with Crippen molar-refractivity contribution in [1.29, 1.82) is 0 Å². The quantitative estimate of drug-likeness (QED) is 0.111. The molecule has 12 aliphatic heterocycles. The van der Waals surface area contributed by atoms with E-state index in [-0.39, 0.29) is 11.9 Å². The number of nitrogens with two attached hydrogens (primary N) is 2. The Labute approximate surface area is 442 Å². The molecule has 0 saturated carbocycles. The first-order chi connectivity index (χ1) is 37.3. The number of hydrogen-bond acceptors (Lipinski definition) is 12. The molecule has 0 saturated heterocycles. The summed E-state index contributed by atoms with van der Waals surface area (Å²) in [6.07, 6.45) is 17.2. The number of hydrogen-bond donors (Lipinski definition) is 2. The van der Waals surface area contributed by atoms with Crippen molar-refractivity contribution >= 4 is 46.1 Å². The first kappa shape index (κ1) is 43.9. The van der Waals surface area contributed by atoms with Crippen molar-refractivity contribution in [1.82, 2.24) is 0 Å². The van der Waals surface area contributed by atoms with Crippen LogP contribution in [0.1, 0.15) is 150 Å². The molecule has 0 atom stereocenters. The van der Waals surface area contributed by atoms with Gasteiger partial charge in [0, 0.05) is 142 Å². The van der Waals surface area contributed by atoms with Gasteiger partial charge in [0.15, 0.2) is 11.2 Å². The zero-order valence-electron chi connectivity index (χ0n) is 43.1. The normalized spacial score (nSPS) is 21.1. The van der Waals surface area contributed by atoms with Crippen LogP contribution < -0.4 is 40.5 Å². The molecule has 0 amide bonds. The van der Waals surface area contributed by atoms with E-state index < -0.39 is 11.2 Å². The number of nitrogens with zero attached hydrogens (tertiary/aromatic N) is 4. The van der Waals surface area contributed by atoms with Crippen LogP contribution in [0.25, 0.3) is 0 Å². The molecule has 12 aliphatic rings. The molecule has 384 valence electrons. The van der Waals surface area contributed by atoms with E-state index in [9.17, 15) is 9.59 Å². The second-order valence-corrected chi connectivity index (χ2v) is 23.7. The molecular formula is C64H62N6O6. The molecule has 0 aliphatic carbocycles. The summed E-state index contributed by atoms with van der Waals surface area (Å²) in [5, 5.41) is 0. The number of carbonyl (C=O) groups is 2. The van der Waals surface area contributed by atoms with E-state index in [2.05, 4.69) is 43.9 Å². The van der Waals surface area contributed by atoms with Crippen LogP contribution >= 0.6 is 0 Å². The van der Waals surface area contributed by atoms with Gasteiger partial charge in [-0.15, -0.1) is 0 Å². The van der Waals surface area contributed by atoms with Crippen LogP contribution in [0.5, 0.6) is 23.0 Å². The van der Waals surface area contributed by atoms with Gasteiger partial charge in [0.1, 0.15) is 23.0 Å². The van der Waals surface area contributed by atoms with E-state index in [1.54, 1.807) is 6.07 Å². The Morgan fingerprint density at radius 1 is 0.355 bits per heavy atom. The van der Waals surface area contributed by atoms with Crippen molar-refractivity contribution in [2.45, 2.75) is 114 Å². The number of nitrogen functional groups attached to an aromatic ring is 2. The molecule has 6 aromatic carbocycles. The first-order valence-electron chi connectivity index (χ1n) is 28.7. The highest BCUT2D eigenvalue weighted by molar-refractivity contribution is 6.00. The summed E-state index contributed by atoms with van der Waals surface area (Å²) >= 11 is 0. The maximum absolute atomic E-state index is 13.6. The minimum Gasteiger partial charge on any atom is -0.456 e. The minimum absolute atomic E-state index is 0.278. The molecule has 0 unspecified atom stereocenters. The number of rotatable bonds is 0. The molecule has 0 aromatic heterocycles. The Balaban J connectivity index is 0.000000124. The Kier molecular flexibility index (Phi) is 9.02. The smallest absolute Gasteiger partial charge is 0.340 e. The second kappa shape index (κ2) is 15.6. The van der Waals surface area contributed by atoms with Crippen molar-refractivity contribution in [2.75, 3.05) is 83.4 Å². The molecule has 0 radical (unpaired) electrons. The van der Waals surface area contributed by atoms with Crippen LogP contribution in [-0.2, 0) is 72.0 Å². The van der Waals surface area contributed by atoms with E-state index >= 15 is 0 Å². The molecule has 0 fully saturated rings. The highest BCUT2D eigenvalue weighted by atomic mass is 16.6. The van der Waals surface area contributed by atoms with E-state index in [1.807, 2.05) is 30.3 Å². The number of carbonyl (C=O) groups excluding carboxylic acids is 2. The number of benzene rings is 6. The number of esters is 2. The van der Waals surface area contributed by atoms with Crippen LogP contribution in [-0.4, -0.2) is 64.3 Å². The summed E-state index contributed by atoms with van der Waals surface area (Å²) in [4.78, 5) is 37.4. The van der Waals surface area contributed by atoms with Gasteiger partial charge in [0.2, 0.25) is 0 Å². The minimum atomic E-state index is -1.04. The van der Waals surface area contributed by atoms with Crippen LogP contribution in [0.3, 0.4) is 0 Å². The van der Waals surface area contributed by atoms with E-state index in [0.29, 0.717) is 22.5 Å². The number of ether oxygens (including phenoxy) is 4. The fourth-order valence-electron chi connectivity index (χ4n) is 16.7. The summed E-state index contributed by atoms with van der Waals surface area (Å²) in [5.41, 5.74) is 34.7. The van der Waals surface area contributed by atoms with Crippen LogP contribution in [0, 0.1) is 0 Å². The fraction of sp³-hybridized carbons (Fsp3) is 0.406. The zero-order chi connectivity index (χ0) is 50.3. The Morgan fingerprint density at radius 3 is 1.08 bits per heavy atom. The lowest BCUT2D eigenvalue weighted by atomic mass is 9.72. The lowest BCUT2D eigenvalue weighted by molar-refractivity contribution is 0.0212. The van der Waals surface area contributed by atoms with Gasteiger partial charge in [0.05, 0.1) is 11.1 Å². The fourth-order valence-corrected chi connectivity index (χ4v) is 16.7. The molecule has 12 nitrogen and oxygen atoms in total. The van der Waals surface area contributed by atoms with Gasteiger partial charge < -0.3 is 50.0 Å². The monoisotopic (exact) mass is 1010 g/mol. The third kappa shape index (κ3) is 5.69. The van der Waals surface area contributed by atoms with E-state index in [1.165, 1.54) is 67.3 Å². The summed E-state index contributed by atoms with van der Waals surface area (Å²) in [5.74, 6) is 3.09. The summed E-state index contributed by atoms with van der Waals surface area (Å²) < 4.78 is 27.5. The summed E-state index contributed by atoms with van der Waals surface area (Å²) in [6, 6.07) is 20.6. The molecule has 76 heavy (non-hydrogen) atoms. The van der Waals surface area contributed by atoms with Gasteiger partial charge in [-0.05, 0) is 180 Å². The summed E-state index contributed by atoms with van der Waals surface area (Å²) in [7, 11) is 0. The Hall–Kier alpha value is -7.34. The Bertz CT molecular complexity index is 3490. The predicted octanol–water partition coefficient (Wildman–Crippen LogP) is 10.5. The SMILES string of the molecule is Nc1ccc2c(c1)C(=O)OC21c2cc3c4c(c2Oc2c1cc1c5c2CCCN5CCC1)CCCN4CCC3.Nc1ccc2c(c1)C1(OC2=O)c2cc3c4c(c2Oc2c1cc1c5c2CCCN5CCC1)CCCN4CCC3. The number of aryl methyl sites for hydroxylation is 4. The maximum atomic E-state index is 13.6. The highest BCUT2D eigenvalue weighted by Gasteiger charge is 2.58. The van der Waals surface area contributed by atoms with Crippen molar-refractivity contribution in [3.8, 4) is 23.0 Å². The van der Waals surface area contributed by atoms with Gasteiger partial charge in [0.25, 0.3) is 0 Å². The largest absolute Gasteiger partial charge is 0.456 e. The van der Waals surface area contributed by atoms with E-state index in [4.69, 9.17) is 30.4 Å². The summed E-state index contributed by atoms with van der Waals surface area (Å²) in [6.45, 7) is 8.81.